The Morgan fingerprint density at radius 2 is 0.705 bits per heavy atom. The van der Waals surface area contributed by atoms with Gasteiger partial charge in [-0.15, -0.1) is 0 Å². The van der Waals surface area contributed by atoms with Gasteiger partial charge in [0.2, 0.25) is 0 Å². The van der Waals surface area contributed by atoms with E-state index in [1.54, 1.807) is 0 Å². The van der Waals surface area contributed by atoms with Gasteiger partial charge in [0.1, 0.15) is 13.1 Å². The Labute approximate surface area is 274 Å². The molecule has 2 unspecified atom stereocenters. The Morgan fingerprint density at radius 1 is 0.455 bits per heavy atom. The average Bonchev–Trinajstić information content (AvgIpc) is 2.83. The lowest BCUT2D eigenvalue weighted by atomic mass is 9.97. The Morgan fingerprint density at radius 3 is 0.909 bits per heavy atom. The van der Waals surface area contributed by atoms with Crippen molar-refractivity contribution in [2.75, 3.05) is 63.2 Å². The minimum Gasteiger partial charge on any atom is -0.361 e. The number of likely N-dealkylation sites (N-methyl/N-ethyl adjacent to an activating group) is 2. The van der Waals surface area contributed by atoms with Crippen molar-refractivity contribution >= 4 is 11.4 Å². The number of benzene rings is 2. The lowest BCUT2D eigenvalue weighted by molar-refractivity contribution is -1.00. The van der Waals surface area contributed by atoms with E-state index < -0.39 is 0 Å². The van der Waals surface area contributed by atoms with E-state index in [0.29, 0.717) is 0 Å². The molecule has 0 aromatic heterocycles. The quantitative estimate of drug-likeness (QED) is 0.235. The highest BCUT2D eigenvalue weighted by molar-refractivity contribution is 5.61. The smallest absolute Gasteiger partial charge is 0.129 e. The van der Waals surface area contributed by atoms with Gasteiger partial charge in [-0.3, -0.25) is 0 Å². The molecule has 0 N–H and O–H groups in total. The maximum absolute atomic E-state index is 2.67. The number of rotatable bonds is 11. The molecule has 250 valence electrons. The van der Waals surface area contributed by atoms with Gasteiger partial charge in [-0.1, -0.05) is 36.4 Å². The van der Waals surface area contributed by atoms with E-state index in [-0.39, 0.29) is 22.2 Å². The van der Waals surface area contributed by atoms with Crippen LogP contribution in [0, 0.1) is 27.7 Å². The second-order valence-corrected chi connectivity index (χ2v) is 18.2. The Bertz CT molecular complexity index is 1100. The first kappa shape index (κ1) is 38.1. The van der Waals surface area contributed by atoms with E-state index in [4.69, 9.17) is 0 Å². The third-order valence-electron chi connectivity index (χ3n) is 11.0. The lowest BCUT2D eigenvalue weighted by Crippen LogP contribution is -2.67. The second-order valence-electron chi connectivity index (χ2n) is 18.2. The molecule has 0 bridgehead atoms. The molecule has 0 amide bonds. The Balaban J connectivity index is 2.41. The Hall–Kier alpha value is -2.04. The molecule has 2 atom stereocenters. The molecule has 0 fully saturated rings. The van der Waals surface area contributed by atoms with Gasteiger partial charge in [-0.25, -0.2) is 0 Å². The third-order valence-corrected chi connectivity index (χ3v) is 11.0. The van der Waals surface area contributed by atoms with Crippen LogP contribution in [-0.2, 0) is 0 Å². The maximum Gasteiger partial charge on any atom is 0.129 e. The molecule has 0 spiro atoms. The van der Waals surface area contributed by atoms with Crippen molar-refractivity contribution in [2.45, 2.75) is 133 Å². The summed E-state index contributed by atoms with van der Waals surface area (Å²) in [5.74, 6) is 0. The number of anilines is 2. The number of hydrogen-bond acceptors (Lipinski definition) is 2. The highest BCUT2D eigenvalue weighted by Gasteiger charge is 2.43. The monoisotopic (exact) mass is 609 g/mol. The maximum atomic E-state index is 2.67. The summed E-state index contributed by atoms with van der Waals surface area (Å²) < 4.78 is 2.07. The SMILES string of the molecule is Cc1cccc(C)c1N(CC[N+](C)(CC[N+](C)(CCN(c1c(C)cccc1C)C(C)(C)C)C(C)(C)C)C(C)(C)C)C(C)(C)C. The standard InChI is InChI=1S/C40H72N4/c1-31-21-19-22-32(2)35(31)41(37(5,6)7)25-27-43(17,39(11,12)13)29-30-44(18,40(14,15)16)28-26-42(38(8,9)10)36-33(3)23-20-24-34(36)4/h19-24H,25-30H2,1-18H3/q+2. The van der Waals surface area contributed by atoms with E-state index in [1.807, 2.05) is 0 Å². The van der Waals surface area contributed by atoms with Crippen LogP contribution in [0.25, 0.3) is 0 Å². The Kier molecular flexibility index (Phi) is 11.6. The van der Waals surface area contributed by atoms with Crippen molar-refractivity contribution in [3.63, 3.8) is 0 Å². The topological polar surface area (TPSA) is 6.48 Å². The van der Waals surface area contributed by atoms with Gasteiger partial charge >= 0.3 is 0 Å². The zero-order valence-electron chi connectivity index (χ0n) is 32.5. The molecule has 0 radical (unpaired) electrons. The normalized spacial score (nSPS) is 16.0. The van der Waals surface area contributed by atoms with Crippen molar-refractivity contribution in [3.05, 3.63) is 58.7 Å². The zero-order valence-corrected chi connectivity index (χ0v) is 32.5. The molecule has 2 aromatic rings. The van der Waals surface area contributed by atoms with E-state index in [9.17, 15) is 0 Å². The van der Waals surface area contributed by atoms with Crippen LogP contribution in [0.5, 0.6) is 0 Å². The number of hydrogen-bond donors (Lipinski definition) is 0. The van der Waals surface area contributed by atoms with Crippen LogP contribution in [-0.4, -0.2) is 84.5 Å². The van der Waals surface area contributed by atoms with E-state index in [1.165, 1.54) is 33.6 Å². The van der Waals surface area contributed by atoms with Crippen LogP contribution in [0.15, 0.2) is 36.4 Å². The molecule has 4 heteroatoms. The molecule has 2 aromatic carbocycles. The first-order valence-electron chi connectivity index (χ1n) is 17.1. The fraction of sp³-hybridized carbons (Fsp3) is 0.700. The highest BCUT2D eigenvalue weighted by Crippen LogP contribution is 2.34. The molecule has 0 aliphatic heterocycles. The minimum absolute atomic E-state index is 0.0414. The van der Waals surface area contributed by atoms with Crippen LogP contribution in [0.2, 0.25) is 0 Å². The first-order valence-corrected chi connectivity index (χ1v) is 17.1. The van der Waals surface area contributed by atoms with Crippen LogP contribution in [0.3, 0.4) is 0 Å². The lowest BCUT2D eigenvalue weighted by Gasteiger charge is -2.52. The molecule has 44 heavy (non-hydrogen) atoms. The molecule has 0 heterocycles. The van der Waals surface area contributed by atoms with Crippen LogP contribution in [0.4, 0.5) is 11.4 Å². The molecule has 0 saturated carbocycles. The fourth-order valence-corrected chi connectivity index (χ4v) is 6.68. The largest absolute Gasteiger partial charge is 0.361 e. The van der Waals surface area contributed by atoms with Crippen LogP contribution in [0.1, 0.15) is 105 Å². The summed E-state index contributed by atoms with van der Waals surface area (Å²) in [6, 6.07) is 13.5. The third kappa shape index (κ3) is 8.81. The number of quaternary nitrogens is 2. The van der Waals surface area contributed by atoms with Gasteiger partial charge in [-0.2, -0.15) is 0 Å². The minimum atomic E-state index is 0.0414. The van der Waals surface area contributed by atoms with Crippen molar-refractivity contribution < 1.29 is 8.97 Å². The van der Waals surface area contributed by atoms with Gasteiger partial charge in [0.25, 0.3) is 0 Å². The molecular formula is C40H72N4+2. The van der Waals surface area contributed by atoms with Crippen LogP contribution >= 0.6 is 0 Å². The summed E-state index contributed by atoms with van der Waals surface area (Å²) in [4.78, 5) is 5.34. The van der Waals surface area contributed by atoms with Crippen molar-refractivity contribution in [1.82, 2.24) is 0 Å². The molecular weight excluding hydrogens is 536 g/mol. The van der Waals surface area contributed by atoms with Crippen molar-refractivity contribution in [1.29, 1.82) is 0 Å². The highest BCUT2D eigenvalue weighted by atomic mass is 15.5. The zero-order chi connectivity index (χ0) is 34.1. The van der Waals surface area contributed by atoms with Gasteiger partial charge in [0.15, 0.2) is 0 Å². The summed E-state index contributed by atoms with van der Waals surface area (Å²) in [5, 5.41) is 0. The summed E-state index contributed by atoms with van der Waals surface area (Å²) in [5.41, 5.74) is 8.63. The fourth-order valence-electron chi connectivity index (χ4n) is 6.68. The number of nitrogens with zero attached hydrogens (tertiary/aromatic N) is 4. The van der Waals surface area contributed by atoms with E-state index in [0.717, 1.165) is 48.2 Å². The summed E-state index contributed by atoms with van der Waals surface area (Å²) in [6.07, 6.45) is 0. The first-order chi connectivity index (χ1) is 19.8. The van der Waals surface area contributed by atoms with Gasteiger partial charge in [-0.05, 0) is 133 Å². The summed E-state index contributed by atoms with van der Waals surface area (Å²) in [6.45, 7) is 44.5. The van der Waals surface area contributed by atoms with Gasteiger partial charge in [0.05, 0.1) is 51.4 Å². The molecule has 0 aliphatic rings. The molecule has 0 aliphatic carbocycles. The summed E-state index contributed by atoms with van der Waals surface area (Å²) >= 11 is 0. The predicted molar refractivity (Wildman–Crippen MR) is 197 cm³/mol. The van der Waals surface area contributed by atoms with Crippen molar-refractivity contribution in [2.24, 2.45) is 0 Å². The number of para-hydroxylation sites is 2. The van der Waals surface area contributed by atoms with Crippen molar-refractivity contribution in [3.8, 4) is 0 Å². The average molecular weight is 609 g/mol. The van der Waals surface area contributed by atoms with Crippen LogP contribution < -0.4 is 9.80 Å². The van der Waals surface area contributed by atoms with E-state index in [2.05, 4.69) is 171 Å². The van der Waals surface area contributed by atoms with Gasteiger partial charge < -0.3 is 18.8 Å². The molecule has 4 nitrogen and oxygen atoms in total. The van der Waals surface area contributed by atoms with E-state index >= 15 is 0 Å². The predicted octanol–water partition coefficient (Wildman–Crippen LogP) is 9.32. The molecule has 0 saturated heterocycles. The second kappa shape index (κ2) is 13.4. The molecule has 2 rings (SSSR count). The number of aryl methyl sites for hydroxylation is 4. The van der Waals surface area contributed by atoms with Gasteiger partial charge in [0, 0.05) is 22.5 Å². The summed E-state index contributed by atoms with van der Waals surface area (Å²) in [7, 11) is 5.02.